The Morgan fingerprint density at radius 1 is 1.18 bits per heavy atom. The van der Waals surface area contributed by atoms with Crippen LogP contribution in [0.2, 0.25) is 10.0 Å². The van der Waals surface area contributed by atoms with E-state index in [9.17, 15) is 14.4 Å². The molecule has 1 saturated heterocycles. The van der Waals surface area contributed by atoms with E-state index < -0.39 is 18.0 Å². The molecule has 0 aliphatic carbocycles. The van der Waals surface area contributed by atoms with E-state index >= 15 is 0 Å². The monoisotopic (exact) mass is 439 g/mol. The van der Waals surface area contributed by atoms with E-state index in [1.165, 1.54) is 11.8 Å². The topological polar surface area (TPSA) is 81.7 Å². The lowest BCUT2D eigenvalue weighted by atomic mass is 10.2. The zero-order valence-electron chi connectivity index (χ0n) is 14.4. The summed E-state index contributed by atoms with van der Waals surface area (Å²) in [6.07, 6.45) is -0.550. The van der Waals surface area contributed by atoms with Crippen LogP contribution >= 0.6 is 35.0 Å². The predicted molar refractivity (Wildman–Crippen MR) is 107 cm³/mol. The number of rotatable bonds is 6. The number of cyclic esters (lactones) is 1. The third-order valence-corrected chi connectivity index (χ3v) is 5.26. The highest BCUT2D eigenvalue weighted by Gasteiger charge is 2.31. The van der Waals surface area contributed by atoms with Crippen molar-refractivity contribution in [2.24, 2.45) is 0 Å². The number of amides is 1. The molecular weight excluding hydrogens is 425 g/mol. The number of esters is 2. The third-order valence-electron chi connectivity index (χ3n) is 3.75. The van der Waals surface area contributed by atoms with Crippen molar-refractivity contribution in [3.8, 4) is 0 Å². The number of nitrogens with one attached hydrogen (secondary N) is 1. The zero-order chi connectivity index (χ0) is 20.1. The lowest BCUT2D eigenvalue weighted by molar-refractivity contribution is -0.145. The second kappa shape index (κ2) is 9.32. The molecule has 1 heterocycles. The molecule has 0 bridgehead atoms. The minimum atomic E-state index is -0.888. The SMILES string of the molecule is O=C(CSc1ccccc1C(=O)O[C@@H]1CCOC1=O)Nc1cc(Cl)cc(Cl)c1. The van der Waals surface area contributed by atoms with E-state index in [1.54, 1.807) is 42.5 Å². The van der Waals surface area contributed by atoms with E-state index in [2.05, 4.69) is 5.32 Å². The van der Waals surface area contributed by atoms with Gasteiger partial charge in [-0.1, -0.05) is 35.3 Å². The number of thioether (sulfide) groups is 1. The van der Waals surface area contributed by atoms with E-state index in [4.69, 9.17) is 32.7 Å². The molecule has 1 aliphatic rings. The standard InChI is InChI=1S/C19H15Cl2NO5S/c20-11-7-12(21)9-13(8-11)22-17(23)10-28-16-4-2-1-3-14(16)18(24)27-15-5-6-26-19(15)25/h1-4,7-9,15H,5-6,10H2,(H,22,23)/t15-/m1/s1. The van der Waals surface area contributed by atoms with Gasteiger partial charge >= 0.3 is 11.9 Å². The second-order valence-corrected chi connectivity index (χ2v) is 7.73. The quantitative estimate of drug-likeness (QED) is 0.536. The molecule has 0 spiro atoms. The average Bonchev–Trinajstić information content (AvgIpc) is 3.04. The first-order valence-electron chi connectivity index (χ1n) is 8.28. The fraction of sp³-hybridized carbons (Fsp3) is 0.211. The van der Waals surface area contributed by atoms with Gasteiger partial charge < -0.3 is 14.8 Å². The Kier molecular flexibility index (Phi) is 6.83. The van der Waals surface area contributed by atoms with Gasteiger partial charge in [-0.2, -0.15) is 0 Å². The first-order valence-corrected chi connectivity index (χ1v) is 10.0. The van der Waals surface area contributed by atoms with Gasteiger partial charge in [0, 0.05) is 27.0 Å². The summed E-state index contributed by atoms with van der Waals surface area (Å²) in [5, 5.41) is 3.52. The summed E-state index contributed by atoms with van der Waals surface area (Å²) in [7, 11) is 0. The van der Waals surface area contributed by atoms with Crippen molar-refractivity contribution >= 4 is 58.5 Å². The van der Waals surface area contributed by atoms with Crippen molar-refractivity contribution in [3.05, 3.63) is 58.1 Å². The molecule has 0 aromatic heterocycles. The zero-order valence-corrected chi connectivity index (χ0v) is 16.8. The maximum Gasteiger partial charge on any atom is 0.347 e. The Morgan fingerprint density at radius 3 is 2.57 bits per heavy atom. The van der Waals surface area contributed by atoms with Gasteiger partial charge in [-0.3, -0.25) is 4.79 Å². The van der Waals surface area contributed by atoms with Crippen molar-refractivity contribution in [2.45, 2.75) is 17.4 Å². The molecule has 1 fully saturated rings. The normalized spacial score (nSPS) is 15.8. The van der Waals surface area contributed by atoms with Crippen LogP contribution in [0.1, 0.15) is 16.8 Å². The molecule has 0 radical (unpaired) electrons. The van der Waals surface area contributed by atoms with Crippen LogP contribution in [-0.2, 0) is 19.1 Å². The summed E-state index contributed by atoms with van der Waals surface area (Å²) in [5.74, 6) is -1.40. The molecule has 1 atom stereocenters. The number of carbonyl (C=O) groups is 3. The number of benzene rings is 2. The smallest absolute Gasteiger partial charge is 0.347 e. The van der Waals surface area contributed by atoms with Crippen LogP contribution in [0.5, 0.6) is 0 Å². The van der Waals surface area contributed by atoms with E-state index in [-0.39, 0.29) is 23.8 Å². The van der Waals surface area contributed by atoms with Crippen molar-refractivity contribution in [1.82, 2.24) is 0 Å². The van der Waals surface area contributed by atoms with Gasteiger partial charge in [0.2, 0.25) is 12.0 Å². The van der Waals surface area contributed by atoms with Gasteiger partial charge in [-0.25, -0.2) is 9.59 Å². The largest absolute Gasteiger partial charge is 0.463 e. The van der Waals surface area contributed by atoms with Crippen LogP contribution < -0.4 is 5.32 Å². The molecule has 28 heavy (non-hydrogen) atoms. The molecule has 1 amide bonds. The molecule has 6 nitrogen and oxygen atoms in total. The Morgan fingerprint density at radius 2 is 1.89 bits per heavy atom. The summed E-state index contributed by atoms with van der Waals surface area (Å²) >= 11 is 13.0. The van der Waals surface area contributed by atoms with Crippen molar-refractivity contribution < 1.29 is 23.9 Å². The van der Waals surface area contributed by atoms with Gasteiger partial charge in [0.05, 0.1) is 17.9 Å². The Bertz CT molecular complexity index is 901. The summed E-state index contributed by atoms with van der Waals surface area (Å²) in [5.41, 5.74) is 0.765. The second-order valence-electron chi connectivity index (χ2n) is 5.84. The third kappa shape index (κ3) is 5.41. The average molecular weight is 440 g/mol. The molecule has 1 aliphatic heterocycles. The van der Waals surface area contributed by atoms with E-state index in [1.807, 2.05) is 0 Å². The lowest BCUT2D eigenvalue weighted by Gasteiger charge is -2.12. The molecule has 9 heteroatoms. The Hall–Kier alpha value is -2.22. The summed E-state index contributed by atoms with van der Waals surface area (Å²) in [4.78, 5) is 36.7. The minimum absolute atomic E-state index is 0.0555. The summed E-state index contributed by atoms with van der Waals surface area (Å²) < 4.78 is 10.0. The first-order chi connectivity index (χ1) is 13.4. The lowest BCUT2D eigenvalue weighted by Crippen LogP contribution is -2.23. The van der Waals surface area contributed by atoms with Crippen LogP contribution in [0.3, 0.4) is 0 Å². The maximum atomic E-state index is 12.4. The molecule has 1 N–H and O–H groups in total. The van der Waals surface area contributed by atoms with Crippen LogP contribution in [-0.4, -0.2) is 36.3 Å². The highest BCUT2D eigenvalue weighted by atomic mass is 35.5. The Labute approximate surface area is 175 Å². The molecule has 2 aromatic carbocycles. The van der Waals surface area contributed by atoms with Crippen LogP contribution in [0, 0.1) is 0 Å². The molecular formula is C19H15Cl2NO5S. The highest BCUT2D eigenvalue weighted by Crippen LogP contribution is 2.26. The predicted octanol–water partition coefficient (Wildman–Crippen LogP) is 4.20. The van der Waals surface area contributed by atoms with Crippen LogP contribution in [0.15, 0.2) is 47.4 Å². The molecule has 3 rings (SSSR count). The first kappa shape index (κ1) is 20.5. The minimum Gasteiger partial charge on any atom is -0.463 e. The maximum absolute atomic E-state index is 12.4. The van der Waals surface area contributed by atoms with Crippen LogP contribution in [0.4, 0.5) is 5.69 Å². The molecule has 0 unspecified atom stereocenters. The number of carbonyl (C=O) groups excluding carboxylic acids is 3. The van der Waals surface area contributed by atoms with E-state index in [0.29, 0.717) is 27.0 Å². The molecule has 146 valence electrons. The van der Waals surface area contributed by atoms with Gasteiger partial charge in [0.1, 0.15) is 0 Å². The van der Waals surface area contributed by atoms with Gasteiger partial charge in [0.25, 0.3) is 0 Å². The van der Waals surface area contributed by atoms with Gasteiger partial charge in [-0.15, -0.1) is 11.8 Å². The van der Waals surface area contributed by atoms with Crippen LogP contribution in [0.25, 0.3) is 0 Å². The van der Waals surface area contributed by atoms with Crippen molar-refractivity contribution in [2.75, 3.05) is 17.7 Å². The number of ether oxygens (including phenoxy) is 2. The summed E-state index contributed by atoms with van der Waals surface area (Å²) in [6, 6.07) is 11.5. The molecule has 2 aromatic rings. The van der Waals surface area contributed by atoms with Gasteiger partial charge in [0.15, 0.2) is 0 Å². The van der Waals surface area contributed by atoms with E-state index in [0.717, 1.165) is 0 Å². The van der Waals surface area contributed by atoms with Crippen molar-refractivity contribution in [3.63, 3.8) is 0 Å². The fourth-order valence-electron chi connectivity index (χ4n) is 2.50. The number of hydrogen-bond donors (Lipinski definition) is 1. The fourth-order valence-corrected chi connectivity index (χ4v) is 3.87. The number of hydrogen-bond acceptors (Lipinski definition) is 6. The van der Waals surface area contributed by atoms with Crippen molar-refractivity contribution in [1.29, 1.82) is 0 Å². The highest BCUT2D eigenvalue weighted by molar-refractivity contribution is 8.00. The summed E-state index contributed by atoms with van der Waals surface area (Å²) in [6.45, 7) is 0.237. The van der Waals surface area contributed by atoms with Gasteiger partial charge in [-0.05, 0) is 30.3 Å². The number of halogens is 2. The number of anilines is 1. The Balaban J connectivity index is 1.62. The molecule has 0 saturated carbocycles.